The molecule has 0 radical (unpaired) electrons. The molecule has 3 nitrogen and oxygen atoms in total. The Labute approximate surface area is 136 Å². The normalized spacial score (nSPS) is 10.7. The Morgan fingerprint density at radius 1 is 0.826 bits per heavy atom. The summed E-state index contributed by atoms with van der Waals surface area (Å²) in [7, 11) is 0. The minimum Gasteiger partial charge on any atom is -0.457 e. The molecule has 0 aliphatic carbocycles. The monoisotopic (exact) mass is 302 g/mol. The number of para-hydroxylation sites is 1. The number of hydrogen-bond acceptors (Lipinski definition) is 3. The van der Waals surface area contributed by atoms with Gasteiger partial charge in [0, 0.05) is 0 Å². The fraction of sp³-hybridized carbons (Fsp3) is 0.0500. The first kappa shape index (κ1) is 14.9. The van der Waals surface area contributed by atoms with Crippen molar-refractivity contribution < 1.29 is 4.74 Å². The quantitative estimate of drug-likeness (QED) is 0.517. The second-order valence-corrected chi connectivity index (χ2v) is 5.22. The van der Waals surface area contributed by atoms with Gasteiger partial charge in [-0.2, -0.15) is 5.10 Å². The van der Waals surface area contributed by atoms with Gasteiger partial charge in [-0.15, -0.1) is 0 Å². The topological polar surface area (TPSA) is 33.6 Å². The number of nitrogens with one attached hydrogen (secondary N) is 1. The zero-order valence-corrected chi connectivity index (χ0v) is 12.9. The summed E-state index contributed by atoms with van der Waals surface area (Å²) in [5, 5.41) is 4.26. The minimum absolute atomic E-state index is 0.787. The molecular weight excluding hydrogens is 284 g/mol. The lowest BCUT2D eigenvalue weighted by atomic mass is 10.2. The van der Waals surface area contributed by atoms with E-state index in [2.05, 4.69) is 17.5 Å². The summed E-state index contributed by atoms with van der Waals surface area (Å²) >= 11 is 0. The van der Waals surface area contributed by atoms with Gasteiger partial charge in [-0.25, -0.2) is 0 Å². The summed E-state index contributed by atoms with van der Waals surface area (Å²) in [6, 6.07) is 25.6. The molecule has 0 saturated carbocycles. The molecule has 0 fully saturated rings. The van der Waals surface area contributed by atoms with Crippen molar-refractivity contribution in [2.45, 2.75) is 6.92 Å². The zero-order valence-electron chi connectivity index (χ0n) is 12.9. The number of aryl methyl sites for hydroxylation is 1. The van der Waals surface area contributed by atoms with Crippen molar-refractivity contribution in [3.8, 4) is 11.5 Å². The second kappa shape index (κ2) is 7.27. The molecule has 0 saturated heterocycles. The van der Waals surface area contributed by atoms with Gasteiger partial charge in [-0.1, -0.05) is 48.0 Å². The Morgan fingerprint density at radius 3 is 2.35 bits per heavy atom. The molecule has 0 unspecified atom stereocenters. The van der Waals surface area contributed by atoms with Crippen molar-refractivity contribution >= 4 is 11.9 Å². The molecule has 3 heteroatoms. The highest BCUT2D eigenvalue weighted by molar-refractivity contribution is 5.80. The average molecular weight is 302 g/mol. The Bertz CT molecular complexity index is 780. The van der Waals surface area contributed by atoms with E-state index in [0.29, 0.717) is 0 Å². The van der Waals surface area contributed by atoms with Crippen LogP contribution in [0.2, 0.25) is 0 Å². The zero-order chi connectivity index (χ0) is 15.9. The third-order valence-electron chi connectivity index (χ3n) is 3.30. The van der Waals surface area contributed by atoms with Crippen molar-refractivity contribution in [3.05, 3.63) is 90.0 Å². The van der Waals surface area contributed by atoms with Crippen molar-refractivity contribution in [1.82, 2.24) is 0 Å². The maximum absolute atomic E-state index is 5.81. The second-order valence-electron chi connectivity index (χ2n) is 5.22. The van der Waals surface area contributed by atoms with Crippen LogP contribution in [0.25, 0.3) is 0 Å². The van der Waals surface area contributed by atoms with Gasteiger partial charge in [0.15, 0.2) is 0 Å². The molecule has 0 amide bonds. The lowest BCUT2D eigenvalue weighted by molar-refractivity contribution is 0.482. The fourth-order valence-corrected chi connectivity index (χ4v) is 2.09. The van der Waals surface area contributed by atoms with Gasteiger partial charge in [0.05, 0.1) is 11.9 Å². The Hall–Kier alpha value is -3.07. The van der Waals surface area contributed by atoms with Gasteiger partial charge in [0.1, 0.15) is 11.5 Å². The molecule has 3 aromatic carbocycles. The highest BCUT2D eigenvalue weighted by atomic mass is 16.5. The maximum Gasteiger partial charge on any atom is 0.128 e. The van der Waals surface area contributed by atoms with Crippen LogP contribution in [0.15, 0.2) is 84.0 Å². The average Bonchev–Trinajstić information content (AvgIpc) is 2.58. The van der Waals surface area contributed by atoms with E-state index in [9.17, 15) is 0 Å². The van der Waals surface area contributed by atoms with Gasteiger partial charge in [-0.05, 0) is 48.9 Å². The number of benzene rings is 3. The largest absolute Gasteiger partial charge is 0.457 e. The van der Waals surface area contributed by atoms with Crippen molar-refractivity contribution in [2.24, 2.45) is 5.10 Å². The molecule has 0 aromatic heterocycles. The third kappa shape index (κ3) is 4.45. The number of anilines is 1. The third-order valence-corrected chi connectivity index (χ3v) is 3.30. The lowest BCUT2D eigenvalue weighted by Gasteiger charge is -2.06. The molecule has 23 heavy (non-hydrogen) atoms. The van der Waals surface area contributed by atoms with Crippen molar-refractivity contribution in [1.29, 1.82) is 0 Å². The number of hydrogen-bond donors (Lipinski definition) is 1. The number of hydrazone groups is 1. The summed E-state index contributed by atoms with van der Waals surface area (Å²) in [5.74, 6) is 1.61. The Balaban J connectivity index is 1.65. The first-order chi connectivity index (χ1) is 11.3. The number of nitrogens with zero attached hydrogens (tertiary/aromatic N) is 1. The van der Waals surface area contributed by atoms with E-state index in [1.165, 1.54) is 5.56 Å². The molecule has 0 atom stereocenters. The Kier molecular flexibility index (Phi) is 4.69. The standard InChI is InChI=1S/C20H18N2O/c1-16-10-12-18(13-11-16)22-21-15-17-6-5-9-20(14-17)23-19-7-3-2-4-8-19/h2-15,22H,1H3. The van der Waals surface area contributed by atoms with E-state index in [0.717, 1.165) is 22.7 Å². The van der Waals surface area contributed by atoms with Crippen molar-refractivity contribution in [3.63, 3.8) is 0 Å². The fourth-order valence-electron chi connectivity index (χ4n) is 2.09. The van der Waals surface area contributed by atoms with Crippen LogP contribution in [-0.4, -0.2) is 6.21 Å². The molecule has 3 aromatic rings. The van der Waals surface area contributed by atoms with E-state index in [-0.39, 0.29) is 0 Å². The Morgan fingerprint density at radius 2 is 1.57 bits per heavy atom. The van der Waals surface area contributed by atoms with E-state index >= 15 is 0 Å². The molecule has 1 N–H and O–H groups in total. The van der Waals surface area contributed by atoms with E-state index in [4.69, 9.17) is 4.74 Å². The number of ether oxygens (including phenoxy) is 1. The highest BCUT2D eigenvalue weighted by Crippen LogP contribution is 2.21. The molecular formula is C20H18N2O. The van der Waals surface area contributed by atoms with Crippen LogP contribution in [0.4, 0.5) is 5.69 Å². The summed E-state index contributed by atoms with van der Waals surface area (Å²) in [6.07, 6.45) is 1.78. The molecule has 0 bridgehead atoms. The van der Waals surface area contributed by atoms with Crippen LogP contribution in [-0.2, 0) is 0 Å². The highest BCUT2D eigenvalue weighted by Gasteiger charge is 1.97. The SMILES string of the molecule is Cc1ccc(NN=Cc2cccc(Oc3ccccc3)c2)cc1. The van der Waals surface area contributed by atoms with E-state index in [1.807, 2.05) is 78.9 Å². The lowest BCUT2D eigenvalue weighted by Crippen LogP contribution is -1.91. The van der Waals surface area contributed by atoms with Gasteiger partial charge >= 0.3 is 0 Å². The number of rotatable bonds is 5. The molecule has 0 heterocycles. The van der Waals surface area contributed by atoms with Crippen LogP contribution in [0, 0.1) is 6.92 Å². The van der Waals surface area contributed by atoms with Gasteiger partial charge in [-0.3, -0.25) is 5.43 Å². The molecule has 0 spiro atoms. The van der Waals surface area contributed by atoms with Crippen molar-refractivity contribution in [2.75, 3.05) is 5.43 Å². The molecule has 0 aliphatic rings. The van der Waals surface area contributed by atoms with Crippen LogP contribution in [0.5, 0.6) is 11.5 Å². The molecule has 0 aliphatic heterocycles. The molecule has 3 rings (SSSR count). The van der Waals surface area contributed by atoms with Crippen LogP contribution < -0.4 is 10.2 Å². The summed E-state index contributed by atoms with van der Waals surface area (Å²) in [6.45, 7) is 2.06. The predicted molar refractivity (Wildman–Crippen MR) is 95.4 cm³/mol. The van der Waals surface area contributed by atoms with E-state index in [1.54, 1.807) is 6.21 Å². The van der Waals surface area contributed by atoms with Gasteiger partial charge < -0.3 is 4.74 Å². The van der Waals surface area contributed by atoms with Crippen LogP contribution in [0.3, 0.4) is 0 Å². The minimum atomic E-state index is 0.787. The van der Waals surface area contributed by atoms with Crippen LogP contribution >= 0.6 is 0 Å². The first-order valence-corrected chi connectivity index (χ1v) is 7.48. The van der Waals surface area contributed by atoms with E-state index < -0.39 is 0 Å². The van der Waals surface area contributed by atoms with Crippen LogP contribution in [0.1, 0.15) is 11.1 Å². The predicted octanol–water partition coefficient (Wildman–Crippen LogP) is 5.23. The maximum atomic E-state index is 5.81. The summed E-state index contributed by atoms with van der Waals surface area (Å²) in [5.41, 5.74) is 6.18. The first-order valence-electron chi connectivity index (χ1n) is 7.48. The van der Waals surface area contributed by atoms with Gasteiger partial charge in [0.2, 0.25) is 0 Å². The summed E-state index contributed by atoms with van der Waals surface area (Å²) < 4.78 is 5.81. The summed E-state index contributed by atoms with van der Waals surface area (Å²) in [4.78, 5) is 0. The molecule has 114 valence electrons. The van der Waals surface area contributed by atoms with Gasteiger partial charge in [0.25, 0.3) is 0 Å². The smallest absolute Gasteiger partial charge is 0.128 e.